The van der Waals surface area contributed by atoms with E-state index in [-0.39, 0.29) is 6.54 Å². The summed E-state index contributed by atoms with van der Waals surface area (Å²) in [4.78, 5) is 1.88. The van der Waals surface area contributed by atoms with Crippen molar-refractivity contribution in [1.82, 2.24) is 4.90 Å². The number of nitrogens with zero attached hydrogens (tertiary/aromatic N) is 1. The van der Waals surface area contributed by atoms with Crippen LogP contribution >= 0.6 is 0 Å². The Morgan fingerprint density at radius 1 is 1.29 bits per heavy atom. The van der Waals surface area contributed by atoms with Gasteiger partial charge in [0.1, 0.15) is 0 Å². The van der Waals surface area contributed by atoms with E-state index in [2.05, 4.69) is 0 Å². The third-order valence-corrected chi connectivity index (χ3v) is 2.91. The number of hydrogen-bond acceptors (Lipinski definition) is 2. The van der Waals surface area contributed by atoms with Gasteiger partial charge in [-0.2, -0.15) is 0 Å². The first-order chi connectivity index (χ1) is 6.72. The van der Waals surface area contributed by atoms with E-state index < -0.39 is 6.43 Å². The minimum absolute atomic E-state index is 0.0602. The summed E-state index contributed by atoms with van der Waals surface area (Å²) in [5, 5.41) is 0. The highest BCUT2D eigenvalue weighted by molar-refractivity contribution is 4.70. The van der Waals surface area contributed by atoms with Crippen LogP contribution in [0.4, 0.5) is 8.78 Å². The van der Waals surface area contributed by atoms with Crippen LogP contribution in [-0.2, 0) is 0 Å². The summed E-state index contributed by atoms with van der Waals surface area (Å²) >= 11 is 0. The van der Waals surface area contributed by atoms with Gasteiger partial charge in [-0.15, -0.1) is 0 Å². The Morgan fingerprint density at radius 3 is 2.71 bits per heavy atom. The number of halogens is 2. The van der Waals surface area contributed by atoms with Gasteiger partial charge < -0.3 is 5.73 Å². The highest BCUT2D eigenvalue weighted by atomic mass is 19.3. The number of alkyl halides is 2. The molecule has 1 rings (SSSR count). The van der Waals surface area contributed by atoms with E-state index in [9.17, 15) is 8.78 Å². The monoisotopic (exact) mass is 206 g/mol. The smallest absolute Gasteiger partial charge is 0.251 e. The molecule has 4 heteroatoms. The average Bonchev–Trinajstić information content (AvgIpc) is 2.31. The van der Waals surface area contributed by atoms with Crippen LogP contribution < -0.4 is 5.73 Å². The Labute approximate surface area is 84.4 Å². The van der Waals surface area contributed by atoms with Crippen molar-refractivity contribution in [3.05, 3.63) is 0 Å². The molecule has 1 saturated heterocycles. The first kappa shape index (κ1) is 11.9. The topological polar surface area (TPSA) is 29.3 Å². The highest BCUT2D eigenvalue weighted by Gasteiger charge is 2.18. The molecule has 0 aromatic carbocycles. The molecular weight excluding hydrogens is 186 g/mol. The zero-order valence-corrected chi connectivity index (χ0v) is 8.59. The third kappa shape index (κ3) is 4.33. The van der Waals surface area contributed by atoms with Gasteiger partial charge in [-0.1, -0.05) is 0 Å². The van der Waals surface area contributed by atoms with E-state index in [1.807, 2.05) is 4.90 Å². The Bertz CT molecular complexity index is 153. The molecule has 0 spiro atoms. The van der Waals surface area contributed by atoms with Gasteiger partial charge in [-0.05, 0) is 51.2 Å². The van der Waals surface area contributed by atoms with Gasteiger partial charge in [0.2, 0.25) is 0 Å². The summed E-state index contributed by atoms with van der Waals surface area (Å²) < 4.78 is 24.3. The molecule has 0 aromatic rings. The SMILES string of the molecule is NCCC1CCCN(CC(F)F)CC1. The Kier molecular flexibility index (Phi) is 5.33. The molecule has 2 N–H and O–H groups in total. The van der Waals surface area contributed by atoms with Crippen molar-refractivity contribution in [2.75, 3.05) is 26.2 Å². The summed E-state index contributed by atoms with van der Waals surface area (Å²) in [5.41, 5.74) is 5.49. The summed E-state index contributed by atoms with van der Waals surface area (Å²) in [6.07, 6.45) is 2.07. The molecule has 1 atom stereocenters. The maximum absolute atomic E-state index is 12.1. The van der Waals surface area contributed by atoms with Crippen LogP contribution in [0, 0.1) is 5.92 Å². The molecule has 1 unspecified atom stereocenters. The maximum Gasteiger partial charge on any atom is 0.251 e. The Morgan fingerprint density at radius 2 is 2.07 bits per heavy atom. The number of nitrogens with two attached hydrogens (primary N) is 1. The molecule has 14 heavy (non-hydrogen) atoms. The molecule has 1 heterocycles. The predicted octanol–water partition coefficient (Wildman–Crippen LogP) is 1.70. The van der Waals surface area contributed by atoms with Crippen molar-refractivity contribution in [2.45, 2.75) is 32.1 Å². The molecule has 0 radical (unpaired) electrons. The minimum Gasteiger partial charge on any atom is -0.330 e. The van der Waals surface area contributed by atoms with Crippen LogP contribution in [0.25, 0.3) is 0 Å². The van der Waals surface area contributed by atoms with E-state index in [0.717, 1.165) is 45.3 Å². The molecule has 0 amide bonds. The van der Waals surface area contributed by atoms with Gasteiger partial charge in [0.05, 0.1) is 6.54 Å². The standard InChI is InChI=1S/C10H20F2N2/c11-10(12)8-14-6-1-2-9(3-5-13)4-7-14/h9-10H,1-8,13H2. The predicted molar refractivity (Wildman–Crippen MR) is 53.5 cm³/mol. The van der Waals surface area contributed by atoms with Gasteiger partial charge in [0.15, 0.2) is 0 Å². The zero-order chi connectivity index (χ0) is 10.4. The van der Waals surface area contributed by atoms with Gasteiger partial charge in [0, 0.05) is 0 Å². The van der Waals surface area contributed by atoms with Crippen LogP contribution in [0.3, 0.4) is 0 Å². The van der Waals surface area contributed by atoms with E-state index in [1.54, 1.807) is 0 Å². The van der Waals surface area contributed by atoms with E-state index >= 15 is 0 Å². The van der Waals surface area contributed by atoms with Gasteiger partial charge in [-0.3, -0.25) is 4.90 Å². The molecule has 0 bridgehead atoms. The maximum atomic E-state index is 12.1. The van der Waals surface area contributed by atoms with Crippen molar-refractivity contribution in [3.8, 4) is 0 Å². The Hall–Kier alpha value is -0.220. The van der Waals surface area contributed by atoms with Gasteiger partial charge in [-0.25, -0.2) is 8.78 Å². The van der Waals surface area contributed by atoms with Crippen LogP contribution in [-0.4, -0.2) is 37.5 Å². The fraction of sp³-hybridized carbons (Fsp3) is 1.00. The molecule has 0 aromatic heterocycles. The summed E-state index contributed by atoms with van der Waals surface area (Å²) in [6, 6.07) is 0. The lowest BCUT2D eigenvalue weighted by Crippen LogP contribution is -2.30. The lowest BCUT2D eigenvalue weighted by Gasteiger charge is -2.19. The minimum atomic E-state index is -2.19. The lowest BCUT2D eigenvalue weighted by atomic mass is 9.97. The molecule has 0 aliphatic carbocycles. The van der Waals surface area contributed by atoms with E-state index in [4.69, 9.17) is 5.73 Å². The fourth-order valence-corrected chi connectivity index (χ4v) is 2.13. The molecule has 1 fully saturated rings. The first-order valence-corrected chi connectivity index (χ1v) is 5.43. The van der Waals surface area contributed by atoms with Crippen molar-refractivity contribution in [1.29, 1.82) is 0 Å². The van der Waals surface area contributed by atoms with Crippen molar-refractivity contribution < 1.29 is 8.78 Å². The van der Waals surface area contributed by atoms with Gasteiger partial charge >= 0.3 is 0 Å². The molecule has 0 saturated carbocycles. The molecular formula is C10H20F2N2. The summed E-state index contributed by atoms with van der Waals surface area (Å²) in [7, 11) is 0. The van der Waals surface area contributed by atoms with Crippen LogP contribution in [0.5, 0.6) is 0 Å². The Balaban J connectivity index is 2.25. The highest BCUT2D eigenvalue weighted by Crippen LogP contribution is 2.20. The van der Waals surface area contributed by atoms with Crippen molar-refractivity contribution in [3.63, 3.8) is 0 Å². The van der Waals surface area contributed by atoms with Crippen LogP contribution in [0.15, 0.2) is 0 Å². The van der Waals surface area contributed by atoms with Gasteiger partial charge in [0.25, 0.3) is 6.43 Å². The molecule has 84 valence electrons. The number of rotatable bonds is 4. The summed E-state index contributed by atoms with van der Waals surface area (Å²) in [6.45, 7) is 2.30. The third-order valence-electron chi connectivity index (χ3n) is 2.91. The second-order valence-electron chi connectivity index (χ2n) is 4.07. The normalized spacial score (nSPS) is 25.3. The zero-order valence-electron chi connectivity index (χ0n) is 8.59. The number of likely N-dealkylation sites (tertiary alicyclic amines) is 1. The van der Waals surface area contributed by atoms with Crippen LogP contribution in [0.2, 0.25) is 0 Å². The first-order valence-electron chi connectivity index (χ1n) is 5.43. The fourth-order valence-electron chi connectivity index (χ4n) is 2.13. The average molecular weight is 206 g/mol. The van der Waals surface area contributed by atoms with Crippen LogP contribution in [0.1, 0.15) is 25.7 Å². The second-order valence-corrected chi connectivity index (χ2v) is 4.07. The molecule has 2 nitrogen and oxygen atoms in total. The second kappa shape index (κ2) is 6.30. The quantitative estimate of drug-likeness (QED) is 0.758. The van der Waals surface area contributed by atoms with Crippen molar-refractivity contribution >= 4 is 0 Å². The van der Waals surface area contributed by atoms with E-state index in [0.29, 0.717) is 5.92 Å². The molecule has 1 aliphatic heterocycles. The molecule has 1 aliphatic rings. The summed E-state index contributed by atoms with van der Waals surface area (Å²) in [5.74, 6) is 0.655. The largest absolute Gasteiger partial charge is 0.330 e. The van der Waals surface area contributed by atoms with Crippen molar-refractivity contribution in [2.24, 2.45) is 11.7 Å². The van der Waals surface area contributed by atoms with E-state index in [1.165, 1.54) is 0 Å². The lowest BCUT2D eigenvalue weighted by molar-refractivity contribution is 0.0894. The number of hydrogen-bond donors (Lipinski definition) is 1.